The number of rotatable bonds is 5. The number of aliphatic carboxylic acids is 1. The summed E-state index contributed by atoms with van der Waals surface area (Å²) in [6.45, 7) is -0.152. The molecule has 0 saturated heterocycles. The minimum atomic E-state index is -0.917. The van der Waals surface area contributed by atoms with Gasteiger partial charge < -0.3 is 14.4 Å². The second-order valence-corrected chi connectivity index (χ2v) is 5.96. The molecule has 0 fully saturated rings. The lowest BCUT2D eigenvalue weighted by Gasteiger charge is -1.99. The zero-order chi connectivity index (χ0) is 16.9. The van der Waals surface area contributed by atoms with Crippen molar-refractivity contribution in [2.24, 2.45) is 10.2 Å². The number of hydrogen-bond donors (Lipinski definition) is 1. The van der Waals surface area contributed by atoms with E-state index in [0.29, 0.717) is 4.80 Å². The van der Waals surface area contributed by atoms with E-state index in [1.165, 1.54) is 11.3 Å². The first-order chi connectivity index (χ1) is 11.7. The standard InChI is InChI=1S/C17H15N3O3S/c1-23-13-8-6-12(7-9-13)10-18-19-17-20(11-16(21)22)14-4-2-3-5-15(14)24-17/h2-10H,11H2,1H3,(H,21,22)/b18-10+,19-17+. The molecule has 0 radical (unpaired) electrons. The van der Waals surface area contributed by atoms with Crippen LogP contribution in [0, 0.1) is 0 Å². The molecule has 1 aromatic heterocycles. The third-order valence-corrected chi connectivity index (χ3v) is 4.40. The molecular weight excluding hydrogens is 326 g/mol. The Morgan fingerprint density at radius 2 is 2.00 bits per heavy atom. The highest BCUT2D eigenvalue weighted by Gasteiger charge is 2.08. The third-order valence-electron chi connectivity index (χ3n) is 3.35. The van der Waals surface area contributed by atoms with Crippen LogP contribution in [0.5, 0.6) is 5.75 Å². The van der Waals surface area contributed by atoms with Crippen molar-refractivity contribution < 1.29 is 14.6 Å². The monoisotopic (exact) mass is 341 g/mol. The second-order valence-electron chi connectivity index (χ2n) is 4.95. The van der Waals surface area contributed by atoms with E-state index in [4.69, 9.17) is 9.84 Å². The zero-order valence-corrected chi connectivity index (χ0v) is 13.7. The molecule has 24 heavy (non-hydrogen) atoms. The van der Waals surface area contributed by atoms with Gasteiger partial charge >= 0.3 is 5.97 Å². The fraction of sp³-hybridized carbons (Fsp3) is 0.118. The van der Waals surface area contributed by atoms with E-state index in [0.717, 1.165) is 21.5 Å². The lowest BCUT2D eigenvalue weighted by Crippen LogP contribution is -2.19. The van der Waals surface area contributed by atoms with Crippen LogP contribution < -0.4 is 9.54 Å². The minimum absolute atomic E-state index is 0.152. The van der Waals surface area contributed by atoms with Crippen molar-refractivity contribution in [1.29, 1.82) is 0 Å². The van der Waals surface area contributed by atoms with Gasteiger partial charge in [-0.25, -0.2) is 0 Å². The molecule has 0 aliphatic rings. The molecule has 0 saturated carbocycles. The number of para-hydroxylation sites is 1. The molecule has 122 valence electrons. The molecule has 0 aliphatic carbocycles. The Morgan fingerprint density at radius 1 is 1.25 bits per heavy atom. The SMILES string of the molecule is COc1ccc(/C=N/N=c2/sc3ccccc3n2CC(=O)O)cc1. The molecule has 6 nitrogen and oxygen atoms in total. The average molecular weight is 341 g/mol. The molecule has 0 unspecified atom stereocenters. The van der Waals surface area contributed by atoms with Gasteiger partial charge in [0.05, 0.1) is 23.5 Å². The number of nitrogens with zero attached hydrogens (tertiary/aromatic N) is 3. The molecule has 0 aliphatic heterocycles. The smallest absolute Gasteiger partial charge is 0.323 e. The highest BCUT2D eigenvalue weighted by atomic mass is 32.1. The normalized spacial score (nSPS) is 12.1. The van der Waals surface area contributed by atoms with Crippen LogP contribution in [0.15, 0.2) is 58.7 Å². The Labute approximate surface area is 142 Å². The van der Waals surface area contributed by atoms with E-state index < -0.39 is 5.97 Å². The van der Waals surface area contributed by atoms with Gasteiger partial charge in [0, 0.05) is 0 Å². The van der Waals surface area contributed by atoms with Gasteiger partial charge in [-0.2, -0.15) is 5.10 Å². The summed E-state index contributed by atoms with van der Waals surface area (Å²) in [5.41, 5.74) is 1.72. The number of carboxylic acids is 1. The maximum Gasteiger partial charge on any atom is 0.323 e. The summed E-state index contributed by atoms with van der Waals surface area (Å²) >= 11 is 1.41. The summed E-state index contributed by atoms with van der Waals surface area (Å²) in [4.78, 5) is 11.7. The number of ether oxygens (including phenoxy) is 1. The Kier molecular flexibility index (Phi) is 4.72. The summed E-state index contributed by atoms with van der Waals surface area (Å²) in [5, 5.41) is 17.4. The summed E-state index contributed by atoms with van der Waals surface area (Å²) in [6.07, 6.45) is 1.62. The third kappa shape index (κ3) is 3.52. The number of methoxy groups -OCH3 is 1. The highest BCUT2D eigenvalue weighted by molar-refractivity contribution is 7.16. The number of benzene rings is 2. The Balaban J connectivity index is 1.96. The number of fused-ring (bicyclic) bond motifs is 1. The van der Waals surface area contributed by atoms with Gasteiger partial charge in [-0.3, -0.25) is 4.79 Å². The first-order valence-corrected chi connectivity index (χ1v) is 8.00. The number of carboxylic acid groups (broad SMARTS) is 1. The average Bonchev–Trinajstić information content (AvgIpc) is 2.93. The van der Waals surface area contributed by atoms with Crippen molar-refractivity contribution in [2.45, 2.75) is 6.54 Å². The maximum absolute atomic E-state index is 11.1. The first-order valence-electron chi connectivity index (χ1n) is 7.18. The second kappa shape index (κ2) is 7.10. The van der Waals surface area contributed by atoms with Crippen LogP contribution in [0.3, 0.4) is 0 Å². The van der Waals surface area contributed by atoms with Gasteiger partial charge in [0.1, 0.15) is 12.3 Å². The Morgan fingerprint density at radius 3 is 2.71 bits per heavy atom. The topological polar surface area (TPSA) is 76.2 Å². The molecule has 7 heteroatoms. The molecule has 0 amide bonds. The van der Waals surface area contributed by atoms with Gasteiger partial charge in [-0.1, -0.05) is 23.5 Å². The summed E-state index contributed by atoms with van der Waals surface area (Å²) < 4.78 is 7.72. The predicted octanol–water partition coefficient (Wildman–Crippen LogP) is 2.73. The fourth-order valence-corrected chi connectivity index (χ4v) is 3.21. The summed E-state index contributed by atoms with van der Waals surface area (Å²) in [6, 6.07) is 15.0. The molecular formula is C17H15N3O3S. The predicted molar refractivity (Wildman–Crippen MR) is 93.6 cm³/mol. The largest absolute Gasteiger partial charge is 0.497 e. The highest BCUT2D eigenvalue weighted by Crippen LogP contribution is 2.16. The van der Waals surface area contributed by atoms with Gasteiger partial charge in [-0.05, 0) is 42.0 Å². The fourth-order valence-electron chi connectivity index (χ4n) is 2.22. The van der Waals surface area contributed by atoms with Crippen molar-refractivity contribution >= 4 is 33.7 Å². The molecule has 2 aromatic carbocycles. The lowest BCUT2D eigenvalue weighted by molar-refractivity contribution is -0.137. The van der Waals surface area contributed by atoms with E-state index >= 15 is 0 Å². The molecule has 3 rings (SSSR count). The van der Waals surface area contributed by atoms with E-state index in [1.807, 2.05) is 48.5 Å². The van der Waals surface area contributed by atoms with Crippen LogP contribution >= 0.6 is 11.3 Å². The van der Waals surface area contributed by atoms with Crippen LogP contribution in [0.1, 0.15) is 5.56 Å². The first kappa shape index (κ1) is 15.9. The van der Waals surface area contributed by atoms with Crippen molar-refractivity contribution in [2.75, 3.05) is 7.11 Å². The van der Waals surface area contributed by atoms with Crippen LogP contribution in [0.2, 0.25) is 0 Å². The quantitative estimate of drug-likeness (QED) is 0.573. The van der Waals surface area contributed by atoms with Gasteiger partial charge in [0.2, 0.25) is 4.80 Å². The Bertz CT molecular complexity index is 955. The van der Waals surface area contributed by atoms with E-state index in [1.54, 1.807) is 17.9 Å². The summed E-state index contributed by atoms with van der Waals surface area (Å²) in [5.74, 6) is -0.146. The van der Waals surface area contributed by atoms with Crippen LogP contribution in [0.25, 0.3) is 10.2 Å². The van der Waals surface area contributed by atoms with Gasteiger partial charge in [-0.15, -0.1) is 5.10 Å². The van der Waals surface area contributed by atoms with Crippen molar-refractivity contribution in [3.05, 3.63) is 58.9 Å². The van der Waals surface area contributed by atoms with Gasteiger partial charge in [0.15, 0.2) is 0 Å². The molecule has 0 atom stereocenters. The number of hydrogen-bond acceptors (Lipinski definition) is 5. The van der Waals surface area contributed by atoms with E-state index in [9.17, 15) is 4.79 Å². The molecule has 1 heterocycles. The van der Waals surface area contributed by atoms with Crippen LogP contribution in [-0.2, 0) is 11.3 Å². The van der Waals surface area contributed by atoms with Crippen molar-refractivity contribution in [3.63, 3.8) is 0 Å². The van der Waals surface area contributed by atoms with Crippen LogP contribution in [0.4, 0.5) is 0 Å². The zero-order valence-electron chi connectivity index (χ0n) is 12.9. The maximum atomic E-state index is 11.1. The van der Waals surface area contributed by atoms with E-state index in [-0.39, 0.29) is 6.54 Å². The molecule has 3 aromatic rings. The number of carbonyl (C=O) groups is 1. The molecule has 0 bridgehead atoms. The molecule has 1 N–H and O–H groups in total. The number of thiazole rings is 1. The van der Waals surface area contributed by atoms with Gasteiger partial charge in [0.25, 0.3) is 0 Å². The lowest BCUT2D eigenvalue weighted by atomic mass is 10.2. The summed E-state index contributed by atoms with van der Waals surface area (Å²) in [7, 11) is 1.61. The van der Waals surface area contributed by atoms with Crippen LogP contribution in [-0.4, -0.2) is 29.0 Å². The minimum Gasteiger partial charge on any atom is -0.497 e. The number of aromatic nitrogens is 1. The van der Waals surface area contributed by atoms with E-state index in [2.05, 4.69) is 10.2 Å². The molecule has 0 spiro atoms. The van der Waals surface area contributed by atoms with Crippen molar-refractivity contribution in [3.8, 4) is 5.75 Å². The Hall–Kier alpha value is -2.93. The van der Waals surface area contributed by atoms with Crippen molar-refractivity contribution in [1.82, 2.24) is 4.57 Å².